The van der Waals surface area contributed by atoms with Crippen molar-refractivity contribution in [3.63, 3.8) is 0 Å². The maximum Gasteiger partial charge on any atom is 0.362 e. The molecule has 9 nitrogen and oxygen atoms in total. The predicted molar refractivity (Wildman–Crippen MR) is 84.6 cm³/mol. The highest BCUT2D eigenvalue weighted by Gasteiger charge is 2.36. The summed E-state index contributed by atoms with van der Waals surface area (Å²) in [7, 11) is 1.63. The molecule has 0 bridgehead atoms. The van der Waals surface area contributed by atoms with Gasteiger partial charge < -0.3 is 20.0 Å². The van der Waals surface area contributed by atoms with E-state index in [1.165, 1.54) is 13.8 Å². The Hall–Kier alpha value is -2.23. The Morgan fingerprint density at radius 3 is 2.30 bits per heavy atom. The summed E-state index contributed by atoms with van der Waals surface area (Å²) < 4.78 is 9.08. The Bertz CT molecular complexity index is 618. The molecule has 1 rings (SSSR count). The quantitative estimate of drug-likeness (QED) is 0.452. The number of aromatic nitrogens is 2. The highest BCUT2D eigenvalue weighted by atomic mass is 32.1. The lowest BCUT2D eigenvalue weighted by Crippen LogP contribution is -2.40. The van der Waals surface area contributed by atoms with Crippen LogP contribution in [0.3, 0.4) is 0 Å². The van der Waals surface area contributed by atoms with E-state index in [0.29, 0.717) is 5.13 Å². The van der Waals surface area contributed by atoms with Crippen LogP contribution >= 0.6 is 11.5 Å². The van der Waals surface area contributed by atoms with Crippen LogP contribution in [-0.2, 0) is 19.2 Å². The third-order valence-electron chi connectivity index (χ3n) is 2.31. The van der Waals surface area contributed by atoms with Gasteiger partial charge in [-0.05, 0) is 34.6 Å². The Labute approximate surface area is 137 Å². The first-order chi connectivity index (χ1) is 10.5. The zero-order chi connectivity index (χ0) is 17.8. The van der Waals surface area contributed by atoms with Crippen molar-refractivity contribution in [2.75, 3.05) is 12.4 Å². The number of ether oxygens (including phenoxy) is 1. The minimum absolute atomic E-state index is 0.105. The maximum atomic E-state index is 12.0. The molecule has 0 unspecified atom stereocenters. The number of nitrogens with one attached hydrogen (secondary N) is 1. The van der Waals surface area contributed by atoms with E-state index in [0.717, 1.165) is 11.5 Å². The average molecular weight is 344 g/mol. The molecule has 1 aromatic heterocycles. The number of carbonyl (C=O) groups is 2. The minimum Gasteiger partial charge on any atom is -0.476 e. The lowest BCUT2D eigenvalue weighted by Gasteiger charge is -2.26. The Morgan fingerprint density at radius 2 is 1.87 bits per heavy atom. The van der Waals surface area contributed by atoms with E-state index < -0.39 is 28.9 Å². The van der Waals surface area contributed by atoms with Crippen LogP contribution in [0.15, 0.2) is 5.16 Å². The fraction of sp³-hybridized carbons (Fsp3) is 0.615. The number of carbonyl (C=O) groups excluding carboxylic acids is 1. The van der Waals surface area contributed by atoms with Crippen molar-refractivity contribution in [2.45, 2.75) is 45.8 Å². The number of nitrogens with zero attached hydrogens (tertiary/aromatic N) is 3. The average Bonchev–Trinajstić information content (AvgIpc) is 2.85. The van der Waals surface area contributed by atoms with Crippen molar-refractivity contribution < 1.29 is 24.3 Å². The first kappa shape index (κ1) is 18.8. The fourth-order valence-electron chi connectivity index (χ4n) is 1.19. The topological polar surface area (TPSA) is 123 Å². The van der Waals surface area contributed by atoms with Gasteiger partial charge in [-0.3, -0.25) is 0 Å². The summed E-state index contributed by atoms with van der Waals surface area (Å²) >= 11 is 0.979. The normalized spacial score (nSPS) is 12.7. The van der Waals surface area contributed by atoms with Crippen molar-refractivity contribution >= 4 is 34.3 Å². The van der Waals surface area contributed by atoms with Crippen molar-refractivity contribution in [3.8, 4) is 0 Å². The second-order valence-corrected chi connectivity index (χ2v) is 6.77. The molecule has 0 fully saturated rings. The van der Waals surface area contributed by atoms with E-state index >= 15 is 0 Å². The molecule has 23 heavy (non-hydrogen) atoms. The molecule has 0 amide bonds. The van der Waals surface area contributed by atoms with Crippen molar-refractivity contribution in [3.05, 3.63) is 5.82 Å². The number of esters is 1. The summed E-state index contributed by atoms with van der Waals surface area (Å²) in [6.07, 6.45) is 0. The van der Waals surface area contributed by atoms with Gasteiger partial charge in [0.2, 0.25) is 22.3 Å². The maximum absolute atomic E-state index is 12.0. The van der Waals surface area contributed by atoms with Gasteiger partial charge in [0.15, 0.2) is 0 Å². The molecule has 1 heterocycles. The molecule has 0 atom stereocenters. The molecule has 1 aromatic rings. The highest BCUT2D eigenvalue weighted by molar-refractivity contribution is 7.09. The molecule has 0 saturated heterocycles. The van der Waals surface area contributed by atoms with Crippen LogP contribution in [0.4, 0.5) is 5.13 Å². The van der Waals surface area contributed by atoms with Gasteiger partial charge in [0.05, 0.1) is 0 Å². The van der Waals surface area contributed by atoms with Gasteiger partial charge in [0.25, 0.3) is 0 Å². The predicted octanol–water partition coefficient (Wildman–Crippen LogP) is 1.51. The number of carboxylic acid groups (broad SMARTS) is 1. The van der Waals surface area contributed by atoms with E-state index in [4.69, 9.17) is 9.57 Å². The molecular formula is C13H20N4O5S. The van der Waals surface area contributed by atoms with Gasteiger partial charge in [-0.25, -0.2) is 9.59 Å². The lowest BCUT2D eigenvalue weighted by molar-refractivity contribution is -0.179. The van der Waals surface area contributed by atoms with Gasteiger partial charge in [-0.1, -0.05) is 5.16 Å². The molecule has 2 N–H and O–H groups in total. The van der Waals surface area contributed by atoms with Crippen LogP contribution in [0, 0.1) is 0 Å². The molecule has 0 aromatic carbocycles. The third-order valence-corrected chi connectivity index (χ3v) is 3.04. The van der Waals surface area contributed by atoms with E-state index in [1.54, 1.807) is 27.8 Å². The smallest absolute Gasteiger partial charge is 0.362 e. The first-order valence-electron chi connectivity index (χ1n) is 6.71. The van der Waals surface area contributed by atoms with Crippen LogP contribution in [0.5, 0.6) is 0 Å². The molecule has 10 heteroatoms. The summed E-state index contributed by atoms with van der Waals surface area (Å²) in [6, 6.07) is 0. The van der Waals surface area contributed by atoms with Gasteiger partial charge in [-0.2, -0.15) is 9.36 Å². The van der Waals surface area contributed by atoms with E-state index in [-0.39, 0.29) is 5.82 Å². The molecule has 0 aliphatic carbocycles. The molecule has 0 aliphatic rings. The molecule has 0 radical (unpaired) electrons. The number of hydrogen-bond donors (Lipinski definition) is 2. The van der Waals surface area contributed by atoms with E-state index in [2.05, 4.69) is 19.8 Å². The van der Waals surface area contributed by atoms with Crippen LogP contribution in [0.25, 0.3) is 0 Å². The number of oxime groups is 1. The molecule has 0 aliphatic heterocycles. The highest BCUT2D eigenvalue weighted by Crippen LogP contribution is 2.18. The number of anilines is 1. The van der Waals surface area contributed by atoms with Crippen LogP contribution in [0.2, 0.25) is 0 Å². The molecule has 0 spiro atoms. The van der Waals surface area contributed by atoms with Gasteiger partial charge in [-0.15, -0.1) is 0 Å². The van der Waals surface area contributed by atoms with E-state index in [9.17, 15) is 14.7 Å². The largest absolute Gasteiger partial charge is 0.476 e. The Morgan fingerprint density at radius 1 is 1.26 bits per heavy atom. The number of carboxylic acids is 1. The summed E-state index contributed by atoms with van der Waals surface area (Å²) in [5, 5.41) is 15.9. The van der Waals surface area contributed by atoms with Crippen LogP contribution in [-0.4, -0.2) is 50.4 Å². The Kier molecular flexibility index (Phi) is 5.65. The number of rotatable bonds is 6. The Balaban J connectivity index is 2.96. The standard InChI is InChI=1S/C13H20N4O5S/c1-12(2,3)21-10(20)13(4,5)22-16-7(9(18)19)8-15-11(14-6)23-17-8/h1-6H3,(H,18,19)(H,14,15,17)/b16-7-. The van der Waals surface area contributed by atoms with Gasteiger partial charge in [0, 0.05) is 18.6 Å². The third kappa shape index (κ3) is 5.47. The van der Waals surface area contributed by atoms with Gasteiger partial charge in [0.1, 0.15) is 5.60 Å². The first-order valence-corrected chi connectivity index (χ1v) is 7.48. The second kappa shape index (κ2) is 6.90. The molecule has 128 valence electrons. The summed E-state index contributed by atoms with van der Waals surface area (Å²) in [4.78, 5) is 32.4. The van der Waals surface area contributed by atoms with Crippen molar-refractivity contribution in [2.24, 2.45) is 5.16 Å². The van der Waals surface area contributed by atoms with Crippen molar-refractivity contribution in [1.29, 1.82) is 0 Å². The minimum atomic E-state index is -1.46. The monoisotopic (exact) mass is 344 g/mol. The van der Waals surface area contributed by atoms with Gasteiger partial charge >= 0.3 is 11.9 Å². The lowest BCUT2D eigenvalue weighted by atomic mass is 10.1. The summed E-state index contributed by atoms with van der Waals surface area (Å²) in [5.41, 5.74) is -2.66. The van der Waals surface area contributed by atoms with Crippen LogP contribution < -0.4 is 5.32 Å². The SMILES string of the molecule is CNc1nc(/C(=N/OC(C)(C)C(=O)OC(C)(C)C)C(=O)O)ns1. The van der Waals surface area contributed by atoms with E-state index in [1.807, 2.05) is 0 Å². The summed E-state index contributed by atoms with van der Waals surface area (Å²) in [6.45, 7) is 8.00. The zero-order valence-electron chi connectivity index (χ0n) is 13.8. The zero-order valence-corrected chi connectivity index (χ0v) is 14.6. The van der Waals surface area contributed by atoms with Crippen LogP contribution in [0.1, 0.15) is 40.4 Å². The fourth-order valence-corrected chi connectivity index (χ4v) is 1.71. The molecule has 0 saturated carbocycles. The number of hydrogen-bond acceptors (Lipinski definition) is 9. The number of aliphatic carboxylic acids is 1. The summed E-state index contributed by atoms with van der Waals surface area (Å²) in [5.74, 6) is -2.14. The second-order valence-electron chi connectivity index (χ2n) is 6.02. The molecular weight excluding hydrogens is 324 g/mol. The van der Waals surface area contributed by atoms with Crippen molar-refractivity contribution in [1.82, 2.24) is 9.36 Å².